The fourth-order valence-electron chi connectivity index (χ4n) is 3.29. The predicted molar refractivity (Wildman–Crippen MR) is 115 cm³/mol. The van der Waals surface area contributed by atoms with E-state index in [2.05, 4.69) is 10.2 Å². The summed E-state index contributed by atoms with van der Waals surface area (Å²) in [6.45, 7) is 0.439. The Hall–Kier alpha value is -3.47. The van der Waals surface area contributed by atoms with Crippen LogP contribution in [0.5, 0.6) is 23.0 Å². The number of carbonyl (C=O) groups is 1. The lowest BCUT2D eigenvalue weighted by atomic mass is 10.1. The molecule has 2 aromatic carbocycles. The van der Waals surface area contributed by atoms with Gasteiger partial charge in [-0.2, -0.15) is 0 Å². The highest BCUT2D eigenvalue weighted by atomic mass is 32.2. The van der Waals surface area contributed by atoms with E-state index in [1.165, 1.54) is 50.2 Å². The average molecular weight is 460 g/mol. The summed E-state index contributed by atoms with van der Waals surface area (Å²) in [4.78, 5) is 13.5. The summed E-state index contributed by atoms with van der Waals surface area (Å²) in [6.07, 6.45) is 0. The van der Waals surface area contributed by atoms with Gasteiger partial charge in [0.05, 0.1) is 27.9 Å². The fraction of sp³-hybridized carbons (Fsp3) is 0.286. The second-order valence-corrected chi connectivity index (χ2v) is 7.71. The highest BCUT2D eigenvalue weighted by molar-refractivity contribution is 7.99. The van der Waals surface area contributed by atoms with Gasteiger partial charge in [0.15, 0.2) is 17.3 Å². The van der Waals surface area contributed by atoms with Gasteiger partial charge >= 0.3 is 0 Å². The molecular formula is C21H21FN4O5S. The molecule has 4 rings (SSSR count). The van der Waals surface area contributed by atoms with Crippen LogP contribution in [0.3, 0.4) is 0 Å². The Morgan fingerprint density at radius 1 is 1.09 bits per heavy atom. The molecule has 0 bridgehead atoms. The molecule has 0 spiro atoms. The Morgan fingerprint density at radius 3 is 2.50 bits per heavy atom. The number of halogens is 1. The predicted octanol–water partition coefficient (Wildman–Crippen LogP) is 2.91. The molecule has 0 saturated carbocycles. The van der Waals surface area contributed by atoms with E-state index >= 15 is 0 Å². The first-order chi connectivity index (χ1) is 15.5. The van der Waals surface area contributed by atoms with E-state index in [1.807, 2.05) is 0 Å². The molecule has 168 valence electrons. The Kier molecular flexibility index (Phi) is 6.35. The molecular weight excluding hydrogens is 439 g/mol. The van der Waals surface area contributed by atoms with Crippen LogP contribution in [0.2, 0.25) is 0 Å². The van der Waals surface area contributed by atoms with Gasteiger partial charge < -0.3 is 18.9 Å². The quantitative estimate of drug-likeness (QED) is 0.532. The van der Waals surface area contributed by atoms with Gasteiger partial charge in [-0.1, -0.05) is 17.8 Å². The van der Waals surface area contributed by atoms with Gasteiger partial charge in [0.2, 0.25) is 10.9 Å². The molecule has 0 fully saturated rings. The summed E-state index contributed by atoms with van der Waals surface area (Å²) < 4.78 is 36.8. The molecule has 0 aliphatic carbocycles. The Balaban J connectivity index is 1.64. The number of hydrogen-bond donors (Lipinski definition) is 0. The van der Waals surface area contributed by atoms with Crippen LogP contribution < -0.4 is 24.0 Å². The van der Waals surface area contributed by atoms with Crippen molar-refractivity contribution in [3.63, 3.8) is 0 Å². The second-order valence-electron chi connectivity index (χ2n) is 6.65. The molecule has 32 heavy (non-hydrogen) atoms. The molecule has 0 atom stereocenters. The van der Waals surface area contributed by atoms with Gasteiger partial charge in [0, 0.05) is 17.4 Å². The lowest BCUT2D eigenvalue weighted by molar-refractivity contribution is 0.0952. The molecule has 0 radical (unpaired) electrons. The lowest BCUT2D eigenvalue weighted by Gasteiger charge is -2.29. The van der Waals surface area contributed by atoms with Crippen molar-refractivity contribution in [3.8, 4) is 23.0 Å². The third-order valence-electron chi connectivity index (χ3n) is 4.76. The maximum absolute atomic E-state index is 13.5. The van der Waals surface area contributed by atoms with Crippen molar-refractivity contribution in [2.75, 3.05) is 38.6 Å². The first-order valence-electron chi connectivity index (χ1n) is 9.63. The first-order valence-corrected chi connectivity index (χ1v) is 10.6. The van der Waals surface area contributed by atoms with Crippen LogP contribution >= 0.6 is 11.8 Å². The van der Waals surface area contributed by atoms with Crippen molar-refractivity contribution in [2.24, 2.45) is 0 Å². The van der Waals surface area contributed by atoms with E-state index in [9.17, 15) is 9.18 Å². The van der Waals surface area contributed by atoms with Gasteiger partial charge in [-0.3, -0.25) is 4.79 Å². The van der Waals surface area contributed by atoms with Gasteiger partial charge in [-0.15, -0.1) is 10.2 Å². The third kappa shape index (κ3) is 4.15. The van der Waals surface area contributed by atoms with Crippen molar-refractivity contribution in [2.45, 2.75) is 11.8 Å². The second kappa shape index (κ2) is 9.35. The number of methoxy groups -OCH3 is 3. The fourth-order valence-corrected chi connectivity index (χ4v) is 4.16. The average Bonchev–Trinajstić information content (AvgIpc) is 3.24. The number of rotatable bonds is 7. The zero-order valence-electron chi connectivity index (χ0n) is 17.7. The van der Waals surface area contributed by atoms with Crippen molar-refractivity contribution in [3.05, 3.63) is 53.6 Å². The third-order valence-corrected chi connectivity index (χ3v) is 5.66. The monoisotopic (exact) mass is 460 g/mol. The standard InChI is InChI=1S/C21H21FN4O5S/c1-28-16-9-13(10-17(29-2)19(16)30-3)20(27)25-7-8-32-21-24-23-18(26(21)25)12-31-15-6-4-5-14(22)11-15/h4-6,9-11H,7-8,12H2,1-3H3. The van der Waals surface area contributed by atoms with E-state index in [0.29, 0.717) is 51.8 Å². The topological polar surface area (TPSA) is 87.9 Å². The van der Waals surface area contributed by atoms with E-state index in [0.717, 1.165) is 0 Å². The van der Waals surface area contributed by atoms with Crippen molar-refractivity contribution in [1.82, 2.24) is 14.9 Å². The summed E-state index contributed by atoms with van der Waals surface area (Å²) in [7, 11) is 4.48. The molecule has 3 aromatic rings. The Labute approximate surface area is 188 Å². The highest BCUT2D eigenvalue weighted by Gasteiger charge is 2.30. The Bertz CT molecular complexity index is 1110. The number of fused-ring (bicyclic) bond motifs is 1. The molecule has 1 amide bonds. The van der Waals surface area contributed by atoms with Gasteiger partial charge in [0.1, 0.15) is 18.2 Å². The molecule has 2 heterocycles. The SMILES string of the molecule is COc1cc(C(=O)N2CCSc3nnc(COc4cccc(F)c4)n32)cc(OC)c1OC. The summed E-state index contributed by atoms with van der Waals surface area (Å²) in [5.41, 5.74) is 0.350. The normalized spacial score (nSPS) is 12.8. The Morgan fingerprint density at radius 2 is 1.84 bits per heavy atom. The van der Waals surface area contributed by atoms with Crippen LogP contribution in [-0.4, -0.2) is 54.4 Å². The first kappa shape index (κ1) is 21.8. The lowest BCUT2D eigenvalue weighted by Crippen LogP contribution is -2.45. The summed E-state index contributed by atoms with van der Waals surface area (Å²) in [6, 6.07) is 9.00. The highest BCUT2D eigenvalue weighted by Crippen LogP contribution is 2.38. The number of aromatic nitrogens is 3. The molecule has 1 aliphatic heterocycles. The van der Waals surface area contributed by atoms with Crippen LogP contribution in [0.4, 0.5) is 4.39 Å². The van der Waals surface area contributed by atoms with Crippen LogP contribution in [0.25, 0.3) is 0 Å². The number of carbonyl (C=O) groups excluding carboxylic acids is 1. The van der Waals surface area contributed by atoms with Crippen LogP contribution in [0, 0.1) is 5.82 Å². The van der Waals surface area contributed by atoms with Crippen molar-refractivity contribution < 1.29 is 28.1 Å². The molecule has 1 aromatic heterocycles. The van der Waals surface area contributed by atoms with Crippen LogP contribution in [-0.2, 0) is 6.61 Å². The van der Waals surface area contributed by atoms with Crippen molar-refractivity contribution >= 4 is 17.7 Å². The summed E-state index contributed by atoms with van der Waals surface area (Å²) >= 11 is 1.48. The molecule has 9 nitrogen and oxygen atoms in total. The molecule has 1 aliphatic rings. The largest absolute Gasteiger partial charge is 0.493 e. The number of nitrogens with zero attached hydrogens (tertiary/aromatic N) is 4. The summed E-state index contributed by atoms with van der Waals surface area (Å²) in [5.74, 6) is 1.87. The number of amides is 1. The van der Waals surface area contributed by atoms with Crippen LogP contribution in [0.1, 0.15) is 16.2 Å². The van der Waals surface area contributed by atoms with E-state index in [-0.39, 0.29) is 12.5 Å². The van der Waals surface area contributed by atoms with Gasteiger partial charge in [-0.05, 0) is 24.3 Å². The zero-order valence-corrected chi connectivity index (χ0v) is 18.5. The minimum absolute atomic E-state index is 0.00997. The van der Waals surface area contributed by atoms with Crippen LogP contribution in [0.15, 0.2) is 41.6 Å². The summed E-state index contributed by atoms with van der Waals surface area (Å²) in [5, 5.41) is 10.4. The van der Waals surface area contributed by atoms with E-state index < -0.39 is 5.82 Å². The number of ether oxygens (including phenoxy) is 4. The zero-order chi connectivity index (χ0) is 22.7. The van der Waals surface area contributed by atoms with E-state index in [1.54, 1.807) is 28.9 Å². The van der Waals surface area contributed by atoms with Crippen molar-refractivity contribution in [1.29, 1.82) is 0 Å². The molecule has 0 saturated heterocycles. The minimum atomic E-state index is -0.402. The molecule has 0 unspecified atom stereocenters. The smallest absolute Gasteiger partial charge is 0.273 e. The maximum atomic E-state index is 13.5. The minimum Gasteiger partial charge on any atom is -0.493 e. The molecule has 11 heteroatoms. The van der Waals surface area contributed by atoms with Gasteiger partial charge in [-0.25, -0.2) is 14.1 Å². The van der Waals surface area contributed by atoms with E-state index in [4.69, 9.17) is 18.9 Å². The van der Waals surface area contributed by atoms with Gasteiger partial charge in [0.25, 0.3) is 5.91 Å². The number of thioether (sulfide) groups is 1. The number of benzene rings is 2. The maximum Gasteiger partial charge on any atom is 0.273 e. The molecule has 0 N–H and O–H groups in total. The number of hydrogen-bond acceptors (Lipinski definition) is 8.